The van der Waals surface area contributed by atoms with Crippen molar-refractivity contribution in [3.63, 3.8) is 0 Å². The molecule has 4 heteroatoms. The molecule has 1 aliphatic rings. The van der Waals surface area contributed by atoms with Crippen molar-refractivity contribution in [2.45, 2.75) is 25.8 Å². The van der Waals surface area contributed by atoms with Crippen molar-refractivity contribution in [1.29, 1.82) is 0 Å². The van der Waals surface area contributed by atoms with Gasteiger partial charge in [-0.1, -0.05) is 24.6 Å². The molecule has 1 aromatic carbocycles. The van der Waals surface area contributed by atoms with Crippen molar-refractivity contribution in [3.05, 3.63) is 29.8 Å². The maximum Gasteiger partial charge on any atom is 0.196 e. The van der Waals surface area contributed by atoms with Gasteiger partial charge >= 0.3 is 0 Å². The van der Waals surface area contributed by atoms with Gasteiger partial charge in [-0.05, 0) is 36.5 Å². The first-order valence-electron chi connectivity index (χ1n) is 6.52. The van der Waals surface area contributed by atoms with Crippen LogP contribution in [0.5, 0.6) is 0 Å². The summed E-state index contributed by atoms with van der Waals surface area (Å²) in [5.41, 5.74) is 2.44. The highest BCUT2D eigenvalue weighted by Crippen LogP contribution is 2.18. The number of rotatable bonds is 6. The van der Waals surface area contributed by atoms with Crippen molar-refractivity contribution in [2.75, 3.05) is 23.9 Å². The van der Waals surface area contributed by atoms with Gasteiger partial charge < -0.3 is 10.6 Å². The lowest BCUT2D eigenvalue weighted by Gasteiger charge is -2.19. The fourth-order valence-corrected chi connectivity index (χ4v) is 2.46. The maximum absolute atomic E-state index is 4.50. The van der Waals surface area contributed by atoms with Gasteiger partial charge in [0.2, 0.25) is 0 Å². The summed E-state index contributed by atoms with van der Waals surface area (Å²) in [6, 6.07) is 8.33. The summed E-state index contributed by atoms with van der Waals surface area (Å²) in [5.74, 6) is 2.19. The van der Waals surface area contributed by atoms with Crippen LogP contribution < -0.4 is 10.6 Å². The molecule has 0 atom stereocenters. The van der Waals surface area contributed by atoms with Gasteiger partial charge in [0.1, 0.15) is 0 Å². The Bertz CT molecular complexity index is 404. The molecule has 0 amide bonds. The molecule has 1 aliphatic heterocycles. The molecule has 1 aromatic rings. The monoisotopic (exact) mass is 263 g/mol. The smallest absolute Gasteiger partial charge is 0.196 e. The van der Waals surface area contributed by atoms with E-state index in [2.05, 4.69) is 46.1 Å². The average molecular weight is 263 g/mol. The summed E-state index contributed by atoms with van der Waals surface area (Å²) in [6.45, 7) is 1.78. The van der Waals surface area contributed by atoms with E-state index in [1.54, 1.807) is 0 Å². The van der Waals surface area contributed by atoms with Gasteiger partial charge in [-0.2, -0.15) is 11.8 Å². The number of unbranched alkanes of at least 4 members (excludes halogenated alkanes) is 2. The highest BCUT2D eigenvalue weighted by atomic mass is 32.2. The number of hydrogen-bond donors (Lipinski definition) is 2. The molecular formula is C14H21N3S. The van der Waals surface area contributed by atoms with Crippen LogP contribution in [0.25, 0.3) is 0 Å². The normalized spacial score (nSPS) is 13.5. The molecule has 2 N–H and O–H groups in total. The molecule has 0 aliphatic carbocycles. The first-order valence-corrected chi connectivity index (χ1v) is 7.92. The van der Waals surface area contributed by atoms with E-state index in [1.165, 1.54) is 36.3 Å². The van der Waals surface area contributed by atoms with Crippen LogP contribution in [0.1, 0.15) is 24.8 Å². The first kappa shape index (κ1) is 13.3. The van der Waals surface area contributed by atoms with Gasteiger partial charge in [-0.25, -0.2) is 4.99 Å². The van der Waals surface area contributed by atoms with E-state index in [0.717, 1.165) is 19.0 Å². The molecule has 18 heavy (non-hydrogen) atoms. The first-order chi connectivity index (χ1) is 8.90. The van der Waals surface area contributed by atoms with Crippen LogP contribution in [0, 0.1) is 0 Å². The second-order valence-electron chi connectivity index (χ2n) is 4.43. The fraction of sp³-hybridized carbons (Fsp3) is 0.500. The molecule has 1 heterocycles. The summed E-state index contributed by atoms with van der Waals surface area (Å²) in [6.07, 6.45) is 5.97. The predicted molar refractivity (Wildman–Crippen MR) is 81.4 cm³/mol. The minimum absolute atomic E-state index is 0.776. The van der Waals surface area contributed by atoms with E-state index in [4.69, 9.17) is 0 Å². The molecule has 0 aromatic heterocycles. The summed E-state index contributed by atoms with van der Waals surface area (Å²) >= 11 is 1.92. The van der Waals surface area contributed by atoms with Gasteiger partial charge in [-0.3, -0.25) is 0 Å². The lowest BCUT2D eigenvalue weighted by Crippen LogP contribution is -2.33. The number of guanidine groups is 1. The Morgan fingerprint density at radius 2 is 2.17 bits per heavy atom. The highest BCUT2D eigenvalue weighted by Gasteiger charge is 2.09. The van der Waals surface area contributed by atoms with Crippen LogP contribution >= 0.6 is 11.8 Å². The standard InChI is InChI=1S/C14H21N3S/c1-18-10-6-2-5-9-15-14-16-11-12-7-3-4-8-13(12)17-14/h3-4,7-8H,2,5-6,9-11H2,1H3,(H2,15,16,17). The Kier molecular flexibility index (Phi) is 5.39. The molecule has 0 saturated carbocycles. The summed E-state index contributed by atoms with van der Waals surface area (Å²) in [5, 5.41) is 6.71. The number of thioether (sulfide) groups is 1. The van der Waals surface area contributed by atoms with Crippen LogP contribution in [0.4, 0.5) is 5.69 Å². The van der Waals surface area contributed by atoms with Crippen molar-refractivity contribution in [2.24, 2.45) is 4.99 Å². The minimum atomic E-state index is 0.776. The number of benzene rings is 1. The van der Waals surface area contributed by atoms with E-state index in [0.29, 0.717) is 0 Å². The van der Waals surface area contributed by atoms with Crippen LogP contribution in [-0.2, 0) is 6.54 Å². The zero-order valence-corrected chi connectivity index (χ0v) is 11.7. The Hall–Kier alpha value is -1.16. The molecule has 2 rings (SSSR count). The van der Waals surface area contributed by atoms with Crippen molar-refractivity contribution < 1.29 is 0 Å². The zero-order chi connectivity index (χ0) is 12.6. The number of nitrogens with one attached hydrogen (secondary N) is 2. The molecule has 0 radical (unpaired) electrons. The van der Waals surface area contributed by atoms with E-state index in [9.17, 15) is 0 Å². The van der Waals surface area contributed by atoms with E-state index >= 15 is 0 Å². The molecule has 98 valence electrons. The van der Waals surface area contributed by atoms with Crippen molar-refractivity contribution in [3.8, 4) is 0 Å². The second kappa shape index (κ2) is 7.31. The molecule has 0 unspecified atom stereocenters. The highest BCUT2D eigenvalue weighted by molar-refractivity contribution is 7.98. The van der Waals surface area contributed by atoms with Gasteiger partial charge in [0.05, 0.1) is 6.54 Å². The molecule has 0 fully saturated rings. The largest absolute Gasteiger partial charge is 0.356 e. The fourth-order valence-electron chi connectivity index (χ4n) is 1.97. The maximum atomic E-state index is 4.50. The Balaban J connectivity index is 1.68. The third kappa shape index (κ3) is 3.95. The van der Waals surface area contributed by atoms with Gasteiger partial charge in [0.15, 0.2) is 5.96 Å². The van der Waals surface area contributed by atoms with Crippen LogP contribution in [0.15, 0.2) is 29.3 Å². The number of para-hydroxylation sites is 1. The van der Waals surface area contributed by atoms with E-state index in [-0.39, 0.29) is 0 Å². The minimum Gasteiger partial charge on any atom is -0.356 e. The van der Waals surface area contributed by atoms with Crippen LogP contribution in [0.2, 0.25) is 0 Å². The summed E-state index contributed by atoms with van der Waals surface area (Å²) in [4.78, 5) is 4.50. The molecular weight excluding hydrogens is 242 g/mol. The zero-order valence-electron chi connectivity index (χ0n) is 10.9. The Morgan fingerprint density at radius 3 is 3.06 bits per heavy atom. The van der Waals surface area contributed by atoms with Gasteiger partial charge in [-0.15, -0.1) is 0 Å². The van der Waals surface area contributed by atoms with E-state index < -0.39 is 0 Å². The summed E-state index contributed by atoms with van der Waals surface area (Å²) < 4.78 is 0. The average Bonchev–Trinajstić information content (AvgIpc) is 2.42. The quantitative estimate of drug-likeness (QED) is 0.774. The number of aliphatic imine (C=N–C) groups is 1. The predicted octanol–water partition coefficient (Wildman–Crippen LogP) is 3.09. The van der Waals surface area contributed by atoms with E-state index in [1.807, 2.05) is 11.8 Å². The number of fused-ring (bicyclic) bond motifs is 1. The van der Waals surface area contributed by atoms with Gasteiger partial charge in [0, 0.05) is 12.2 Å². The number of anilines is 1. The molecule has 0 bridgehead atoms. The Morgan fingerprint density at radius 1 is 1.28 bits per heavy atom. The number of hydrogen-bond acceptors (Lipinski definition) is 4. The van der Waals surface area contributed by atoms with Crippen molar-refractivity contribution >= 4 is 23.4 Å². The Labute approximate surface area is 113 Å². The lowest BCUT2D eigenvalue weighted by atomic mass is 10.1. The molecule has 0 saturated heterocycles. The topological polar surface area (TPSA) is 36.4 Å². The van der Waals surface area contributed by atoms with Gasteiger partial charge in [0.25, 0.3) is 0 Å². The van der Waals surface area contributed by atoms with Crippen LogP contribution in [0.3, 0.4) is 0 Å². The third-order valence-corrected chi connectivity index (χ3v) is 3.69. The summed E-state index contributed by atoms with van der Waals surface area (Å²) in [7, 11) is 0. The molecule has 0 spiro atoms. The molecule has 3 nitrogen and oxygen atoms in total. The van der Waals surface area contributed by atoms with Crippen molar-refractivity contribution in [1.82, 2.24) is 5.32 Å². The number of nitrogens with zero attached hydrogens (tertiary/aromatic N) is 1. The second-order valence-corrected chi connectivity index (χ2v) is 5.41. The third-order valence-electron chi connectivity index (χ3n) is 3.00. The van der Waals surface area contributed by atoms with Crippen LogP contribution in [-0.4, -0.2) is 24.5 Å². The SMILES string of the molecule is CSCCCCCNC1=NCc2ccccc2N1. The lowest BCUT2D eigenvalue weighted by molar-refractivity contribution is 0.697.